The summed E-state index contributed by atoms with van der Waals surface area (Å²) in [7, 11) is 0. The van der Waals surface area contributed by atoms with Crippen molar-refractivity contribution >= 4 is 15.9 Å². The van der Waals surface area contributed by atoms with Crippen molar-refractivity contribution in [1.82, 2.24) is 5.32 Å². The van der Waals surface area contributed by atoms with E-state index in [1.807, 2.05) is 0 Å². The second kappa shape index (κ2) is 6.11. The summed E-state index contributed by atoms with van der Waals surface area (Å²) in [5, 5.41) is 3.73. The monoisotopic (exact) mass is 331 g/mol. The minimum atomic E-state index is -0.0671. The van der Waals surface area contributed by atoms with E-state index in [1.165, 1.54) is 16.7 Å². The second-order valence-electron chi connectivity index (χ2n) is 5.85. The molecule has 2 rings (SSSR count). The maximum atomic E-state index is 3.73. The third kappa shape index (κ3) is 3.50. The molecule has 0 aliphatic heterocycles. The number of halogens is 1. The maximum Gasteiger partial charge on any atom is 0.0382 e. The number of hydrogen-bond donors (Lipinski definition) is 1. The van der Waals surface area contributed by atoms with Gasteiger partial charge in [0.2, 0.25) is 0 Å². The van der Waals surface area contributed by atoms with Crippen molar-refractivity contribution in [3.63, 3.8) is 0 Å². The fraction of sp³-hybridized carbons (Fsp3) is 0.333. The van der Waals surface area contributed by atoms with E-state index >= 15 is 0 Å². The number of hydrogen-bond acceptors (Lipinski definition) is 1. The van der Waals surface area contributed by atoms with Crippen molar-refractivity contribution in [2.45, 2.75) is 39.3 Å². The van der Waals surface area contributed by atoms with Gasteiger partial charge in [0.1, 0.15) is 0 Å². The van der Waals surface area contributed by atoms with E-state index in [-0.39, 0.29) is 5.54 Å². The van der Waals surface area contributed by atoms with Gasteiger partial charge in [-0.2, -0.15) is 0 Å². The summed E-state index contributed by atoms with van der Waals surface area (Å²) in [6.45, 7) is 8.85. The van der Waals surface area contributed by atoms with Crippen molar-refractivity contribution in [2.75, 3.05) is 0 Å². The molecule has 0 bridgehead atoms. The van der Waals surface area contributed by atoms with Gasteiger partial charge in [-0.3, -0.25) is 0 Å². The van der Waals surface area contributed by atoms with E-state index in [0.717, 1.165) is 4.47 Å². The Morgan fingerprint density at radius 1 is 1.00 bits per heavy atom. The van der Waals surface area contributed by atoms with Crippen LogP contribution in [0.2, 0.25) is 0 Å². The van der Waals surface area contributed by atoms with Crippen molar-refractivity contribution in [3.8, 4) is 0 Å². The molecule has 2 aromatic rings. The normalized spacial score (nSPS) is 13.2. The van der Waals surface area contributed by atoms with Crippen molar-refractivity contribution in [1.29, 1.82) is 0 Å². The Hall–Kier alpha value is -1.12. The highest BCUT2D eigenvalue weighted by Crippen LogP contribution is 2.27. The third-order valence-electron chi connectivity index (χ3n) is 3.80. The van der Waals surface area contributed by atoms with Gasteiger partial charge in [-0.05, 0) is 56.5 Å². The Balaban J connectivity index is 2.19. The first-order valence-corrected chi connectivity index (χ1v) is 7.79. The van der Waals surface area contributed by atoms with Crippen molar-refractivity contribution in [3.05, 3.63) is 69.7 Å². The van der Waals surface area contributed by atoms with Crippen LogP contribution in [0.3, 0.4) is 0 Å². The Morgan fingerprint density at radius 3 is 2.20 bits per heavy atom. The Kier molecular flexibility index (Phi) is 4.66. The average molecular weight is 332 g/mol. The summed E-state index contributed by atoms with van der Waals surface area (Å²) >= 11 is 3.49. The van der Waals surface area contributed by atoms with Crippen LogP contribution in [-0.2, 0) is 5.54 Å². The predicted molar refractivity (Wildman–Crippen MR) is 89.9 cm³/mol. The molecule has 1 N–H and O–H groups in total. The molecule has 2 heteroatoms. The molecule has 2 aromatic carbocycles. The summed E-state index contributed by atoms with van der Waals surface area (Å²) in [5.41, 5.74) is 3.92. The highest BCUT2D eigenvalue weighted by atomic mass is 79.9. The summed E-state index contributed by atoms with van der Waals surface area (Å²) < 4.78 is 1.11. The molecule has 1 unspecified atom stereocenters. The first kappa shape index (κ1) is 15.3. The van der Waals surface area contributed by atoms with Gasteiger partial charge in [-0.1, -0.05) is 52.3 Å². The molecule has 0 amide bonds. The molecule has 0 heterocycles. The van der Waals surface area contributed by atoms with Crippen LogP contribution >= 0.6 is 15.9 Å². The van der Waals surface area contributed by atoms with Crippen LogP contribution < -0.4 is 5.32 Å². The number of rotatable bonds is 4. The molecule has 0 aliphatic carbocycles. The zero-order valence-electron chi connectivity index (χ0n) is 12.6. The predicted octanol–water partition coefficient (Wildman–Crippen LogP) is 5.34. The van der Waals surface area contributed by atoms with Gasteiger partial charge in [0, 0.05) is 16.1 Å². The van der Waals surface area contributed by atoms with Gasteiger partial charge < -0.3 is 5.32 Å². The van der Waals surface area contributed by atoms with Crippen LogP contribution in [0.15, 0.2) is 53.0 Å². The lowest BCUT2D eigenvalue weighted by Gasteiger charge is -2.32. The van der Waals surface area contributed by atoms with Crippen LogP contribution in [0.5, 0.6) is 0 Å². The van der Waals surface area contributed by atoms with E-state index in [0.29, 0.717) is 6.04 Å². The molecule has 1 nitrogen and oxygen atoms in total. The first-order chi connectivity index (χ1) is 9.40. The van der Waals surface area contributed by atoms with Crippen LogP contribution in [0.25, 0.3) is 0 Å². The highest BCUT2D eigenvalue weighted by molar-refractivity contribution is 9.10. The van der Waals surface area contributed by atoms with Gasteiger partial charge in [-0.15, -0.1) is 0 Å². The third-order valence-corrected chi connectivity index (χ3v) is 4.33. The fourth-order valence-corrected chi connectivity index (χ4v) is 2.91. The van der Waals surface area contributed by atoms with Crippen LogP contribution in [0.4, 0.5) is 0 Å². The summed E-state index contributed by atoms with van der Waals surface area (Å²) in [6.07, 6.45) is 0. The minimum Gasteiger partial charge on any atom is -0.301 e. The lowest BCUT2D eigenvalue weighted by molar-refractivity contribution is 0.357. The zero-order valence-corrected chi connectivity index (χ0v) is 14.2. The Morgan fingerprint density at radius 2 is 1.60 bits per heavy atom. The van der Waals surface area contributed by atoms with E-state index < -0.39 is 0 Å². The lowest BCUT2D eigenvalue weighted by atomic mass is 9.91. The first-order valence-electron chi connectivity index (χ1n) is 6.99. The molecule has 0 aliphatic rings. The molecule has 0 spiro atoms. The van der Waals surface area contributed by atoms with Gasteiger partial charge >= 0.3 is 0 Å². The van der Waals surface area contributed by atoms with Gasteiger partial charge in [0.25, 0.3) is 0 Å². The summed E-state index contributed by atoms with van der Waals surface area (Å²) in [4.78, 5) is 0. The minimum absolute atomic E-state index is 0.0671. The van der Waals surface area contributed by atoms with Gasteiger partial charge in [0.15, 0.2) is 0 Å². The lowest BCUT2D eigenvalue weighted by Crippen LogP contribution is -2.38. The van der Waals surface area contributed by atoms with E-state index in [1.54, 1.807) is 0 Å². The number of aryl methyl sites for hydroxylation is 1. The zero-order chi connectivity index (χ0) is 14.8. The Bertz CT molecular complexity index is 572. The summed E-state index contributed by atoms with van der Waals surface area (Å²) in [5.74, 6) is 0. The highest BCUT2D eigenvalue weighted by Gasteiger charge is 2.23. The Labute approximate surface area is 130 Å². The van der Waals surface area contributed by atoms with Crippen molar-refractivity contribution < 1.29 is 0 Å². The molecule has 1 atom stereocenters. The molecular formula is C18H22BrN. The topological polar surface area (TPSA) is 12.0 Å². The van der Waals surface area contributed by atoms with E-state index in [9.17, 15) is 0 Å². The van der Waals surface area contributed by atoms with E-state index in [4.69, 9.17) is 0 Å². The SMILES string of the molecule is Cc1ccccc1C(C)NC(C)(C)c1ccc(Br)cc1. The van der Waals surface area contributed by atoms with Crippen LogP contribution in [0.1, 0.15) is 43.5 Å². The quantitative estimate of drug-likeness (QED) is 0.796. The molecular weight excluding hydrogens is 310 g/mol. The van der Waals surface area contributed by atoms with Gasteiger partial charge in [-0.25, -0.2) is 0 Å². The molecule has 0 fully saturated rings. The molecule has 106 valence electrons. The smallest absolute Gasteiger partial charge is 0.0382 e. The average Bonchev–Trinajstić information content (AvgIpc) is 2.39. The molecule has 0 aromatic heterocycles. The van der Waals surface area contributed by atoms with Crippen molar-refractivity contribution in [2.24, 2.45) is 0 Å². The maximum absolute atomic E-state index is 3.73. The number of nitrogens with one attached hydrogen (secondary N) is 1. The van der Waals surface area contributed by atoms with E-state index in [2.05, 4.69) is 97.5 Å². The standard InChI is InChI=1S/C18H22BrN/c1-13-7-5-6-8-17(13)14(2)20-18(3,4)15-9-11-16(19)12-10-15/h5-12,14,20H,1-4H3. The largest absolute Gasteiger partial charge is 0.301 e. The number of benzene rings is 2. The molecule has 0 radical (unpaired) electrons. The van der Waals surface area contributed by atoms with Crippen LogP contribution in [0, 0.1) is 6.92 Å². The van der Waals surface area contributed by atoms with Gasteiger partial charge in [0.05, 0.1) is 0 Å². The summed E-state index contributed by atoms with van der Waals surface area (Å²) in [6, 6.07) is 17.4. The molecule has 0 saturated heterocycles. The second-order valence-corrected chi connectivity index (χ2v) is 6.77. The molecule has 20 heavy (non-hydrogen) atoms. The molecule has 0 saturated carbocycles. The van der Waals surface area contributed by atoms with Crippen LogP contribution in [-0.4, -0.2) is 0 Å². The fourth-order valence-electron chi connectivity index (χ4n) is 2.64.